The Morgan fingerprint density at radius 1 is 1.32 bits per heavy atom. The van der Waals surface area contributed by atoms with Crippen LogP contribution in [-0.2, 0) is 14.9 Å². The quantitative estimate of drug-likeness (QED) is 0.844. The molecule has 25 heavy (non-hydrogen) atoms. The van der Waals surface area contributed by atoms with E-state index in [1.807, 2.05) is 0 Å². The number of carboxylic acids is 1. The molecule has 3 fully saturated rings. The van der Waals surface area contributed by atoms with Gasteiger partial charge in [0, 0.05) is 5.41 Å². The van der Waals surface area contributed by atoms with Gasteiger partial charge >= 0.3 is 12.1 Å². The maximum atomic E-state index is 13.7. The minimum atomic E-state index is -1.09. The Kier molecular flexibility index (Phi) is 4.02. The van der Waals surface area contributed by atoms with Gasteiger partial charge in [0.05, 0.1) is 5.02 Å². The van der Waals surface area contributed by atoms with Gasteiger partial charge in [0.25, 0.3) is 0 Å². The van der Waals surface area contributed by atoms with Crippen molar-refractivity contribution in [1.82, 2.24) is 5.32 Å². The lowest BCUT2D eigenvalue weighted by atomic mass is 9.31. The third kappa shape index (κ3) is 2.97. The van der Waals surface area contributed by atoms with Crippen LogP contribution in [-0.4, -0.2) is 28.8 Å². The van der Waals surface area contributed by atoms with Crippen molar-refractivity contribution in [1.29, 1.82) is 0 Å². The minimum Gasteiger partial charge on any atom is -0.480 e. The maximum Gasteiger partial charge on any atom is 0.408 e. The molecule has 1 atom stereocenters. The van der Waals surface area contributed by atoms with Crippen LogP contribution in [0.4, 0.5) is 9.18 Å². The number of amides is 1. The summed E-state index contributed by atoms with van der Waals surface area (Å²) in [6.45, 7) is 5.14. The molecular weight excluding hydrogens is 349 g/mol. The van der Waals surface area contributed by atoms with E-state index in [1.165, 1.54) is 6.07 Å². The molecule has 2 N–H and O–H groups in total. The van der Waals surface area contributed by atoms with Crippen LogP contribution in [0.2, 0.25) is 5.02 Å². The smallest absolute Gasteiger partial charge is 0.408 e. The molecule has 1 aromatic carbocycles. The predicted molar refractivity (Wildman–Crippen MR) is 90.2 cm³/mol. The van der Waals surface area contributed by atoms with Gasteiger partial charge in [0.15, 0.2) is 0 Å². The second kappa shape index (κ2) is 5.59. The Morgan fingerprint density at radius 2 is 1.92 bits per heavy atom. The number of rotatable bonds is 4. The van der Waals surface area contributed by atoms with E-state index in [0.29, 0.717) is 19.3 Å². The average Bonchev–Trinajstić information content (AvgIpc) is 2.37. The molecule has 7 heteroatoms. The summed E-state index contributed by atoms with van der Waals surface area (Å²) < 4.78 is 18.9. The Balaban J connectivity index is 1.72. The standard InChI is InChI=1S/C18H21ClFNO4/c1-16(2,3)25-15(24)21-13(14(22)23)18-7-17(8-18,9-18)10-5-4-6-11(20)12(10)19/h4-6,13H,7-9H2,1-3H3,(H,21,24)(H,22,23). The van der Waals surface area contributed by atoms with Crippen molar-refractivity contribution in [3.8, 4) is 0 Å². The van der Waals surface area contributed by atoms with Crippen LogP contribution in [0.5, 0.6) is 0 Å². The number of nitrogens with one attached hydrogen (secondary N) is 1. The number of carboxylic acid groups (broad SMARTS) is 1. The molecular formula is C18H21ClFNO4. The summed E-state index contributed by atoms with van der Waals surface area (Å²) >= 11 is 6.08. The number of ether oxygens (including phenoxy) is 1. The van der Waals surface area contributed by atoms with Gasteiger partial charge in [-0.05, 0) is 57.1 Å². The summed E-state index contributed by atoms with van der Waals surface area (Å²) in [5.74, 6) is -1.57. The van der Waals surface area contributed by atoms with Gasteiger partial charge in [-0.25, -0.2) is 14.0 Å². The minimum absolute atomic E-state index is 0.0998. The van der Waals surface area contributed by atoms with Gasteiger partial charge in [-0.2, -0.15) is 0 Å². The van der Waals surface area contributed by atoms with Crippen LogP contribution in [0.3, 0.4) is 0 Å². The van der Waals surface area contributed by atoms with Crippen molar-refractivity contribution in [2.45, 2.75) is 57.1 Å². The number of carbonyl (C=O) groups excluding carboxylic acids is 1. The van der Waals surface area contributed by atoms with E-state index >= 15 is 0 Å². The van der Waals surface area contributed by atoms with Crippen LogP contribution in [0.1, 0.15) is 45.6 Å². The topological polar surface area (TPSA) is 75.6 Å². The Hall–Kier alpha value is -1.82. The number of alkyl carbamates (subject to hydrolysis) is 1. The zero-order valence-corrected chi connectivity index (χ0v) is 15.1. The fraction of sp³-hybridized carbons (Fsp3) is 0.556. The van der Waals surface area contributed by atoms with E-state index in [1.54, 1.807) is 32.9 Å². The van der Waals surface area contributed by atoms with E-state index < -0.39 is 34.9 Å². The molecule has 0 saturated heterocycles. The van der Waals surface area contributed by atoms with Crippen molar-refractivity contribution >= 4 is 23.7 Å². The second-order valence-corrected chi connectivity index (χ2v) is 8.57. The monoisotopic (exact) mass is 369 g/mol. The Bertz CT molecular complexity index is 723. The lowest BCUT2D eigenvalue weighted by Crippen LogP contribution is -2.73. The highest BCUT2D eigenvalue weighted by molar-refractivity contribution is 6.31. The van der Waals surface area contributed by atoms with Gasteiger partial charge in [-0.3, -0.25) is 0 Å². The molecule has 1 aromatic rings. The van der Waals surface area contributed by atoms with Gasteiger partial charge in [-0.1, -0.05) is 23.7 Å². The van der Waals surface area contributed by atoms with E-state index in [0.717, 1.165) is 5.56 Å². The first-order valence-corrected chi connectivity index (χ1v) is 8.53. The van der Waals surface area contributed by atoms with Gasteiger partial charge in [-0.15, -0.1) is 0 Å². The summed E-state index contributed by atoms with van der Waals surface area (Å²) in [4.78, 5) is 23.6. The van der Waals surface area contributed by atoms with Crippen LogP contribution in [0.15, 0.2) is 18.2 Å². The molecule has 4 rings (SSSR count). The summed E-state index contributed by atoms with van der Waals surface area (Å²) in [6.07, 6.45) is 0.907. The number of halogens is 2. The molecule has 3 aliphatic carbocycles. The van der Waals surface area contributed by atoms with Gasteiger partial charge in [0.2, 0.25) is 0 Å². The predicted octanol–water partition coefficient (Wildman–Crippen LogP) is 3.88. The Morgan fingerprint density at radius 3 is 2.44 bits per heavy atom. The molecule has 1 unspecified atom stereocenters. The van der Waals surface area contributed by atoms with Crippen LogP contribution >= 0.6 is 11.6 Å². The zero-order valence-electron chi connectivity index (χ0n) is 14.4. The molecule has 0 aliphatic heterocycles. The lowest BCUT2D eigenvalue weighted by Gasteiger charge is -2.72. The SMILES string of the molecule is CC(C)(C)OC(=O)NC(C(=O)O)C12CC(c3cccc(F)c3Cl)(C1)C2. The summed E-state index contributed by atoms with van der Waals surface area (Å²) in [7, 11) is 0. The molecule has 0 aromatic heterocycles. The second-order valence-electron chi connectivity index (χ2n) is 8.19. The summed E-state index contributed by atoms with van der Waals surface area (Å²) in [5, 5.41) is 12.1. The fourth-order valence-corrected chi connectivity index (χ4v) is 4.60. The zero-order chi connectivity index (χ0) is 18.6. The number of carbonyl (C=O) groups is 2. The fourth-order valence-electron chi connectivity index (χ4n) is 4.27. The highest BCUT2D eigenvalue weighted by Crippen LogP contribution is 2.75. The van der Waals surface area contributed by atoms with E-state index in [4.69, 9.17) is 16.3 Å². The van der Waals surface area contributed by atoms with Crippen LogP contribution in [0, 0.1) is 11.2 Å². The first kappa shape index (κ1) is 18.0. The normalized spacial score (nSPS) is 28.4. The number of aliphatic carboxylic acids is 1. The van der Waals surface area contributed by atoms with E-state index in [2.05, 4.69) is 5.32 Å². The first-order chi connectivity index (χ1) is 11.5. The molecule has 5 nitrogen and oxygen atoms in total. The van der Waals surface area contributed by atoms with Gasteiger partial charge in [0.1, 0.15) is 17.5 Å². The molecule has 2 bridgehead atoms. The lowest BCUT2D eigenvalue weighted by molar-refractivity contribution is -0.183. The summed E-state index contributed by atoms with van der Waals surface area (Å²) in [5.41, 5.74) is -0.804. The molecule has 3 saturated carbocycles. The highest BCUT2D eigenvalue weighted by Gasteiger charge is 2.73. The third-order valence-electron chi connectivity index (χ3n) is 5.11. The number of hydrogen-bond acceptors (Lipinski definition) is 3. The highest BCUT2D eigenvalue weighted by atomic mass is 35.5. The van der Waals surface area contributed by atoms with Crippen LogP contribution < -0.4 is 5.32 Å². The Labute approximate surface area is 150 Å². The van der Waals surface area contributed by atoms with Crippen molar-refractivity contribution in [2.24, 2.45) is 5.41 Å². The van der Waals surface area contributed by atoms with Crippen molar-refractivity contribution < 1.29 is 23.8 Å². The maximum absolute atomic E-state index is 13.7. The molecule has 0 spiro atoms. The third-order valence-corrected chi connectivity index (χ3v) is 5.50. The van der Waals surface area contributed by atoms with Gasteiger partial charge < -0.3 is 15.2 Å². The van der Waals surface area contributed by atoms with E-state index in [9.17, 15) is 19.1 Å². The first-order valence-electron chi connectivity index (χ1n) is 8.15. The molecule has 3 aliphatic rings. The van der Waals surface area contributed by atoms with Crippen molar-refractivity contribution in [2.75, 3.05) is 0 Å². The average molecular weight is 370 g/mol. The van der Waals surface area contributed by atoms with E-state index in [-0.39, 0.29) is 10.4 Å². The molecule has 1 amide bonds. The number of benzene rings is 1. The summed E-state index contributed by atoms with van der Waals surface area (Å²) in [6, 6.07) is 3.66. The molecule has 0 radical (unpaired) electrons. The van der Waals surface area contributed by atoms with Crippen LogP contribution in [0.25, 0.3) is 0 Å². The number of hydrogen-bond donors (Lipinski definition) is 2. The molecule has 0 heterocycles. The van der Waals surface area contributed by atoms with Crippen molar-refractivity contribution in [3.63, 3.8) is 0 Å². The van der Waals surface area contributed by atoms with Crippen molar-refractivity contribution in [3.05, 3.63) is 34.6 Å². The largest absolute Gasteiger partial charge is 0.480 e. The molecule has 136 valence electrons.